The maximum atomic E-state index is 13.0. The molecule has 0 aromatic heterocycles. The molecule has 10 heteroatoms. The molecule has 0 spiro atoms. The van der Waals surface area contributed by atoms with E-state index in [0.29, 0.717) is 28.4 Å². The minimum absolute atomic E-state index is 0.242. The molecule has 1 fully saturated rings. The summed E-state index contributed by atoms with van der Waals surface area (Å²) in [6.07, 6.45) is 1.70. The van der Waals surface area contributed by atoms with Crippen molar-refractivity contribution >= 4 is 52.7 Å². The van der Waals surface area contributed by atoms with Crippen molar-refractivity contribution in [3.63, 3.8) is 0 Å². The van der Waals surface area contributed by atoms with Gasteiger partial charge in [0.05, 0.1) is 22.2 Å². The maximum Gasteiger partial charge on any atom is 0.338 e. The number of amides is 4. The number of anilines is 1. The minimum atomic E-state index is -1.38. The Kier molecular flexibility index (Phi) is 7.61. The van der Waals surface area contributed by atoms with Gasteiger partial charge in [-0.15, -0.1) is 0 Å². The number of ether oxygens (including phenoxy) is 1. The average Bonchev–Trinajstić information content (AvgIpc) is 3.00. The summed E-state index contributed by atoms with van der Waals surface area (Å²) in [5.74, 6) is -1.61. The van der Waals surface area contributed by atoms with Gasteiger partial charge in [0.2, 0.25) is 5.91 Å². The molecule has 3 rings (SSSR count). The van der Waals surface area contributed by atoms with Crippen molar-refractivity contribution in [1.29, 1.82) is 0 Å². The van der Waals surface area contributed by atoms with Crippen LogP contribution in [0.4, 0.5) is 10.5 Å². The third kappa shape index (κ3) is 5.46. The zero-order valence-electron chi connectivity index (χ0n) is 18.1. The number of nitrogens with zero attached hydrogens (tertiary/aromatic N) is 1. The lowest BCUT2D eigenvalue weighted by Crippen LogP contribution is -2.42. The summed E-state index contributed by atoms with van der Waals surface area (Å²) < 4.78 is 5.14. The Morgan fingerprint density at radius 3 is 2.42 bits per heavy atom. The van der Waals surface area contributed by atoms with Crippen molar-refractivity contribution in [3.05, 3.63) is 63.6 Å². The van der Waals surface area contributed by atoms with E-state index in [9.17, 15) is 19.2 Å². The molecule has 0 bridgehead atoms. The summed E-state index contributed by atoms with van der Waals surface area (Å²) >= 11 is 12.0. The van der Waals surface area contributed by atoms with Crippen LogP contribution in [0.3, 0.4) is 0 Å². The van der Waals surface area contributed by atoms with Crippen LogP contribution in [0.1, 0.15) is 42.6 Å². The first-order valence-corrected chi connectivity index (χ1v) is 11.1. The number of carbonyl (C=O) groups excluding carboxylic acids is 4. The van der Waals surface area contributed by atoms with E-state index in [2.05, 4.69) is 10.6 Å². The van der Waals surface area contributed by atoms with Gasteiger partial charge < -0.3 is 15.4 Å². The van der Waals surface area contributed by atoms with Crippen molar-refractivity contribution in [2.45, 2.75) is 32.2 Å². The molecule has 2 N–H and O–H groups in total. The predicted molar refractivity (Wildman–Crippen MR) is 124 cm³/mol. The molecule has 174 valence electrons. The van der Waals surface area contributed by atoms with Crippen LogP contribution in [0.2, 0.25) is 10.0 Å². The first kappa shape index (κ1) is 24.5. The van der Waals surface area contributed by atoms with Crippen LogP contribution < -0.4 is 10.6 Å². The molecule has 8 nitrogen and oxygen atoms in total. The number of unbranched alkanes of at least 4 members (excludes halogenated alkanes) is 1. The Morgan fingerprint density at radius 1 is 1.09 bits per heavy atom. The van der Waals surface area contributed by atoms with Crippen LogP contribution >= 0.6 is 23.2 Å². The summed E-state index contributed by atoms with van der Waals surface area (Å²) in [5.41, 5.74) is -0.176. The van der Waals surface area contributed by atoms with Crippen molar-refractivity contribution in [3.8, 4) is 0 Å². The number of halogens is 2. The highest BCUT2D eigenvalue weighted by Crippen LogP contribution is 2.33. The van der Waals surface area contributed by atoms with E-state index in [0.717, 1.165) is 17.7 Å². The Labute approximate surface area is 201 Å². The molecule has 0 aliphatic carbocycles. The number of rotatable bonds is 8. The molecule has 1 heterocycles. The fourth-order valence-corrected chi connectivity index (χ4v) is 3.57. The molecule has 33 heavy (non-hydrogen) atoms. The number of benzene rings is 2. The fraction of sp³-hybridized carbons (Fsp3) is 0.304. The lowest BCUT2D eigenvalue weighted by atomic mass is 9.92. The number of imide groups is 1. The summed E-state index contributed by atoms with van der Waals surface area (Å²) in [5, 5.41) is 5.77. The lowest BCUT2D eigenvalue weighted by Gasteiger charge is -2.22. The molecule has 2 aromatic rings. The SMILES string of the molecule is CCCCOC(=O)c1ccc(NC(=O)CN2C(=O)NC(C)(c3ccc(Cl)c(Cl)c3)C2=O)cc1. The summed E-state index contributed by atoms with van der Waals surface area (Å²) in [6.45, 7) is 3.39. The van der Waals surface area contributed by atoms with Crippen LogP contribution in [0.5, 0.6) is 0 Å². The molecular weight excluding hydrogens is 469 g/mol. The highest BCUT2D eigenvalue weighted by Gasteiger charge is 2.49. The Balaban J connectivity index is 1.63. The second kappa shape index (κ2) is 10.2. The van der Waals surface area contributed by atoms with Crippen molar-refractivity contribution in [1.82, 2.24) is 10.2 Å². The topological polar surface area (TPSA) is 105 Å². The minimum Gasteiger partial charge on any atom is -0.462 e. The van der Waals surface area contributed by atoms with Crippen molar-refractivity contribution in [2.24, 2.45) is 0 Å². The summed E-state index contributed by atoms with van der Waals surface area (Å²) in [6, 6.07) is 10.1. The van der Waals surface area contributed by atoms with Gasteiger partial charge in [-0.3, -0.25) is 14.5 Å². The number of hydrogen-bond donors (Lipinski definition) is 2. The van der Waals surface area contributed by atoms with Gasteiger partial charge >= 0.3 is 12.0 Å². The zero-order valence-corrected chi connectivity index (χ0v) is 19.6. The van der Waals surface area contributed by atoms with Crippen molar-refractivity contribution in [2.75, 3.05) is 18.5 Å². The summed E-state index contributed by atoms with van der Waals surface area (Å²) in [7, 11) is 0. The third-order valence-corrected chi connectivity index (χ3v) is 5.95. The highest BCUT2D eigenvalue weighted by atomic mass is 35.5. The number of hydrogen-bond acceptors (Lipinski definition) is 5. The number of nitrogens with one attached hydrogen (secondary N) is 2. The Hall–Kier alpha value is -3.10. The average molecular weight is 492 g/mol. The maximum absolute atomic E-state index is 13.0. The highest BCUT2D eigenvalue weighted by molar-refractivity contribution is 6.42. The van der Waals surface area contributed by atoms with Crippen LogP contribution in [-0.2, 0) is 19.9 Å². The van der Waals surface area contributed by atoms with Gasteiger partial charge in [-0.1, -0.05) is 42.6 Å². The number of carbonyl (C=O) groups is 4. The van der Waals surface area contributed by atoms with Crippen LogP contribution in [0.25, 0.3) is 0 Å². The molecule has 0 saturated carbocycles. The molecule has 0 radical (unpaired) electrons. The van der Waals surface area contributed by atoms with E-state index in [-0.39, 0.29) is 5.02 Å². The molecule has 4 amide bonds. The molecule has 1 aliphatic rings. The fourth-order valence-electron chi connectivity index (χ4n) is 3.27. The standard InChI is InChI=1S/C23H23Cl2N3O5/c1-3-4-11-33-20(30)14-5-8-16(9-6-14)26-19(29)13-28-21(31)23(2,27-22(28)32)15-7-10-17(24)18(25)12-15/h5-10,12H,3-4,11,13H2,1-2H3,(H,26,29)(H,27,32). The predicted octanol–water partition coefficient (Wildman–Crippen LogP) is 4.36. The summed E-state index contributed by atoms with van der Waals surface area (Å²) in [4.78, 5) is 50.7. The lowest BCUT2D eigenvalue weighted by molar-refractivity contribution is -0.133. The second-order valence-electron chi connectivity index (χ2n) is 7.69. The smallest absolute Gasteiger partial charge is 0.338 e. The van der Waals surface area contributed by atoms with Gasteiger partial charge in [-0.2, -0.15) is 0 Å². The molecule has 1 saturated heterocycles. The van der Waals surface area contributed by atoms with E-state index in [1.807, 2.05) is 6.92 Å². The molecule has 2 aromatic carbocycles. The van der Waals surface area contributed by atoms with Crippen LogP contribution in [0.15, 0.2) is 42.5 Å². The van der Waals surface area contributed by atoms with Gasteiger partial charge in [0.15, 0.2) is 0 Å². The van der Waals surface area contributed by atoms with E-state index in [1.165, 1.54) is 31.2 Å². The van der Waals surface area contributed by atoms with Crippen LogP contribution in [0, 0.1) is 0 Å². The largest absolute Gasteiger partial charge is 0.462 e. The van der Waals surface area contributed by atoms with Crippen LogP contribution in [-0.4, -0.2) is 41.9 Å². The molecule has 1 aliphatic heterocycles. The Morgan fingerprint density at radius 2 is 1.79 bits per heavy atom. The van der Waals surface area contributed by atoms with E-state index in [4.69, 9.17) is 27.9 Å². The molecule has 1 atom stereocenters. The molecule has 1 unspecified atom stereocenters. The quantitative estimate of drug-likeness (QED) is 0.324. The van der Waals surface area contributed by atoms with E-state index < -0.39 is 35.9 Å². The monoisotopic (exact) mass is 491 g/mol. The Bertz CT molecular complexity index is 1090. The second-order valence-corrected chi connectivity index (χ2v) is 8.50. The van der Waals surface area contributed by atoms with E-state index >= 15 is 0 Å². The number of esters is 1. The first-order chi connectivity index (χ1) is 15.7. The molecular formula is C23H23Cl2N3O5. The third-order valence-electron chi connectivity index (χ3n) is 5.21. The van der Waals surface area contributed by atoms with Gasteiger partial charge in [0.1, 0.15) is 12.1 Å². The van der Waals surface area contributed by atoms with E-state index in [1.54, 1.807) is 18.2 Å². The normalized spacial score (nSPS) is 17.6. The van der Waals surface area contributed by atoms with Gasteiger partial charge in [-0.05, 0) is 55.3 Å². The zero-order chi connectivity index (χ0) is 24.2. The van der Waals surface area contributed by atoms with Crippen molar-refractivity contribution < 1.29 is 23.9 Å². The van der Waals surface area contributed by atoms with Gasteiger partial charge in [0.25, 0.3) is 5.91 Å². The number of urea groups is 1. The van der Waals surface area contributed by atoms with Gasteiger partial charge in [-0.25, -0.2) is 9.59 Å². The first-order valence-electron chi connectivity index (χ1n) is 10.3. The van der Waals surface area contributed by atoms with Gasteiger partial charge in [0, 0.05) is 5.69 Å².